The van der Waals surface area contributed by atoms with Crippen LogP contribution in [0, 0.1) is 13.8 Å². The fourth-order valence-electron chi connectivity index (χ4n) is 4.48. The lowest BCUT2D eigenvalue weighted by Gasteiger charge is -2.28. The highest BCUT2D eigenvalue weighted by molar-refractivity contribution is 7.80. The number of ether oxygens (including phenoxy) is 1. The lowest BCUT2D eigenvalue weighted by atomic mass is 9.97. The molecule has 1 saturated heterocycles. The Kier molecular flexibility index (Phi) is 6.45. The van der Waals surface area contributed by atoms with E-state index in [1.54, 1.807) is 19.4 Å². The zero-order valence-electron chi connectivity index (χ0n) is 18.6. The summed E-state index contributed by atoms with van der Waals surface area (Å²) in [6.07, 6.45) is -2.67. The minimum absolute atomic E-state index is 0.187. The summed E-state index contributed by atoms with van der Waals surface area (Å²) in [4.78, 5) is 6.60. The van der Waals surface area contributed by atoms with E-state index in [1.807, 2.05) is 42.7 Å². The van der Waals surface area contributed by atoms with Crippen LogP contribution < -0.4 is 5.32 Å². The van der Waals surface area contributed by atoms with Gasteiger partial charge < -0.3 is 19.5 Å². The van der Waals surface area contributed by atoms with Gasteiger partial charge in [-0.05, 0) is 68.0 Å². The van der Waals surface area contributed by atoms with Crippen molar-refractivity contribution >= 4 is 17.3 Å². The van der Waals surface area contributed by atoms with Gasteiger partial charge in [0.05, 0.1) is 29.9 Å². The predicted octanol–water partition coefficient (Wildman–Crippen LogP) is 5.13. The minimum atomic E-state index is -4.41. The zero-order chi connectivity index (χ0) is 23.8. The van der Waals surface area contributed by atoms with Gasteiger partial charge in [0.25, 0.3) is 0 Å². The average Bonchev–Trinajstić information content (AvgIpc) is 3.27. The molecule has 2 atom stereocenters. The van der Waals surface area contributed by atoms with Crippen LogP contribution in [0.15, 0.2) is 54.7 Å². The van der Waals surface area contributed by atoms with Crippen molar-refractivity contribution in [3.63, 3.8) is 0 Å². The SMILES string of the molecule is COCCN1C(=S)N[C@H](c2ccccn2)[C@H]1c1cc(C)n(-c2cccc(C(F)(F)F)c2)c1C. The van der Waals surface area contributed by atoms with Crippen LogP contribution in [0.1, 0.15) is 40.3 Å². The van der Waals surface area contributed by atoms with Crippen molar-refractivity contribution in [2.24, 2.45) is 0 Å². The summed E-state index contributed by atoms with van der Waals surface area (Å²) < 4.78 is 47.1. The smallest absolute Gasteiger partial charge is 0.383 e. The third kappa shape index (κ3) is 4.47. The van der Waals surface area contributed by atoms with Gasteiger partial charge >= 0.3 is 6.18 Å². The molecule has 1 N–H and O–H groups in total. The van der Waals surface area contributed by atoms with Crippen LogP contribution >= 0.6 is 12.2 Å². The summed E-state index contributed by atoms with van der Waals surface area (Å²) in [7, 11) is 1.64. The summed E-state index contributed by atoms with van der Waals surface area (Å²) in [6.45, 7) is 4.88. The lowest BCUT2D eigenvalue weighted by Crippen LogP contribution is -2.32. The molecule has 1 aliphatic heterocycles. The number of aromatic nitrogens is 2. The molecule has 4 rings (SSSR count). The number of hydrogen-bond acceptors (Lipinski definition) is 3. The first-order valence-electron chi connectivity index (χ1n) is 10.6. The Balaban J connectivity index is 1.81. The molecule has 3 aromatic rings. The molecular formula is C24H25F3N4OS. The Morgan fingerprint density at radius 3 is 2.58 bits per heavy atom. The summed E-state index contributed by atoms with van der Waals surface area (Å²) in [6, 6.07) is 12.7. The monoisotopic (exact) mass is 474 g/mol. The molecular weight excluding hydrogens is 449 g/mol. The van der Waals surface area contributed by atoms with Crippen LogP contribution in [-0.4, -0.2) is 39.8 Å². The maximum absolute atomic E-state index is 13.3. The highest BCUT2D eigenvalue weighted by Gasteiger charge is 2.41. The molecule has 1 fully saturated rings. The Labute approximate surface area is 196 Å². The van der Waals surface area contributed by atoms with Gasteiger partial charge in [-0.2, -0.15) is 13.2 Å². The highest BCUT2D eigenvalue weighted by atomic mass is 32.1. The van der Waals surface area contributed by atoms with Crippen LogP contribution in [0.25, 0.3) is 5.69 Å². The number of nitrogens with one attached hydrogen (secondary N) is 1. The Bertz CT molecular complexity index is 1150. The zero-order valence-corrected chi connectivity index (χ0v) is 19.4. The van der Waals surface area contributed by atoms with Gasteiger partial charge in [0.2, 0.25) is 0 Å². The molecule has 0 unspecified atom stereocenters. The van der Waals surface area contributed by atoms with Crippen molar-refractivity contribution in [1.29, 1.82) is 0 Å². The third-order valence-corrected chi connectivity index (χ3v) is 6.31. The quantitative estimate of drug-likeness (QED) is 0.502. The number of aryl methyl sites for hydroxylation is 1. The van der Waals surface area contributed by atoms with Crippen molar-refractivity contribution in [1.82, 2.24) is 19.8 Å². The largest absolute Gasteiger partial charge is 0.416 e. The van der Waals surface area contributed by atoms with E-state index in [2.05, 4.69) is 15.2 Å². The maximum atomic E-state index is 13.3. The molecule has 9 heteroatoms. The van der Waals surface area contributed by atoms with E-state index in [0.717, 1.165) is 28.7 Å². The van der Waals surface area contributed by atoms with Crippen molar-refractivity contribution in [3.05, 3.63) is 82.9 Å². The number of thiocarbonyl (C=S) groups is 1. The van der Waals surface area contributed by atoms with Gasteiger partial charge in [0.15, 0.2) is 5.11 Å². The van der Waals surface area contributed by atoms with Gasteiger partial charge in [0, 0.05) is 36.9 Å². The van der Waals surface area contributed by atoms with E-state index in [4.69, 9.17) is 17.0 Å². The second kappa shape index (κ2) is 9.15. The van der Waals surface area contributed by atoms with Gasteiger partial charge in [-0.25, -0.2) is 0 Å². The van der Waals surface area contributed by atoms with E-state index < -0.39 is 11.7 Å². The van der Waals surface area contributed by atoms with Crippen molar-refractivity contribution in [3.8, 4) is 5.69 Å². The number of alkyl halides is 3. The Morgan fingerprint density at radius 2 is 1.91 bits per heavy atom. The lowest BCUT2D eigenvalue weighted by molar-refractivity contribution is -0.137. The van der Waals surface area contributed by atoms with E-state index >= 15 is 0 Å². The molecule has 0 bridgehead atoms. The fraction of sp³-hybridized carbons (Fsp3) is 0.333. The van der Waals surface area contributed by atoms with Crippen LogP contribution in [0.5, 0.6) is 0 Å². The van der Waals surface area contributed by atoms with Gasteiger partial charge in [-0.15, -0.1) is 0 Å². The molecule has 0 amide bonds. The number of methoxy groups -OCH3 is 1. The van der Waals surface area contributed by atoms with Crippen LogP contribution in [0.2, 0.25) is 0 Å². The number of nitrogens with zero attached hydrogens (tertiary/aromatic N) is 3. The first-order valence-corrected chi connectivity index (χ1v) is 11.0. The standard InChI is InChI=1S/C24H25F3N4OS/c1-15-13-19(16(2)31(15)18-8-6-7-17(14-18)24(25,26)27)22-21(20-9-4-5-10-28-20)29-23(33)30(22)11-12-32-3/h4-10,13-14,21-22H,11-12H2,1-3H3,(H,29,33)/t21-,22-/m1/s1. The third-order valence-electron chi connectivity index (χ3n) is 5.95. The molecule has 1 aliphatic rings. The van der Waals surface area contributed by atoms with Gasteiger partial charge in [-0.1, -0.05) is 12.1 Å². The Morgan fingerprint density at radius 1 is 1.12 bits per heavy atom. The second-order valence-electron chi connectivity index (χ2n) is 8.02. The van der Waals surface area contributed by atoms with E-state index in [-0.39, 0.29) is 12.1 Å². The Hall–Kier alpha value is -2.91. The van der Waals surface area contributed by atoms with E-state index in [1.165, 1.54) is 12.1 Å². The molecule has 2 aromatic heterocycles. The molecule has 0 aliphatic carbocycles. The van der Waals surface area contributed by atoms with Gasteiger partial charge in [-0.3, -0.25) is 4.98 Å². The first kappa shape index (κ1) is 23.3. The number of rotatable bonds is 6. The van der Waals surface area contributed by atoms with E-state index in [0.29, 0.717) is 24.0 Å². The highest BCUT2D eigenvalue weighted by Crippen LogP contribution is 2.41. The average molecular weight is 475 g/mol. The van der Waals surface area contributed by atoms with Crippen molar-refractivity contribution in [2.45, 2.75) is 32.1 Å². The molecule has 5 nitrogen and oxygen atoms in total. The fourth-order valence-corrected chi connectivity index (χ4v) is 4.81. The maximum Gasteiger partial charge on any atom is 0.416 e. The topological polar surface area (TPSA) is 42.3 Å². The van der Waals surface area contributed by atoms with Gasteiger partial charge in [0.1, 0.15) is 0 Å². The summed E-state index contributed by atoms with van der Waals surface area (Å²) in [5, 5.41) is 3.98. The van der Waals surface area contributed by atoms with Crippen LogP contribution in [-0.2, 0) is 10.9 Å². The number of benzene rings is 1. The van der Waals surface area contributed by atoms with Crippen molar-refractivity contribution in [2.75, 3.05) is 20.3 Å². The molecule has 33 heavy (non-hydrogen) atoms. The minimum Gasteiger partial charge on any atom is -0.383 e. The molecule has 3 heterocycles. The summed E-state index contributed by atoms with van der Waals surface area (Å²) >= 11 is 5.64. The summed E-state index contributed by atoms with van der Waals surface area (Å²) in [5.74, 6) is 0. The number of hydrogen-bond donors (Lipinski definition) is 1. The number of pyridine rings is 1. The first-order chi connectivity index (χ1) is 15.7. The molecule has 0 saturated carbocycles. The molecule has 0 spiro atoms. The van der Waals surface area contributed by atoms with Crippen LogP contribution in [0.4, 0.5) is 13.2 Å². The predicted molar refractivity (Wildman–Crippen MR) is 124 cm³/mol. The van der Waals surface area contributed by atoms with E-state index in [9.17, 15) is 13.2 Å². The normalized spacial score (nSPS) is 18.6. The molecule has 0 radical (unpaired) electrons. The molecule has 174 valence electrons. The summed E-state index contributed by atoms with van der Waals surface area (Å²) in [5.41, 5.74) is 3.30. The second-order valence-corrected chi connectivity index (χ2v) is 8.41. The molecule has 1 aromatic carbocycles. The van der Waals surface area contributed by atoms with Crippen molar-refractivity contribution < 1.29 is 17.9 Å². The van der Waals surface area contributed by atoms with Crippen LogP contribution in [0.3, 0.4) is 0 Å². The number of halogens is 3.